The van der Waals surface area contributed by atoms with Crippen LogP contribution in [0.5, 0.6) is 0 Å². The Hall–Kier alpha value is -1.07. The topological polar surface area (TPSA) is 67.9 Å². The summed E-state index contributed by atoms with van der Waals surface area (Å²) in [7, 11) is 0. The van der Waals surface area contributed by atoms with Gasteiger partial charge < -0.3 is 16.4 Å². The van der Waals surface area contributed by atoms with Gasteiger partial charge >= 0.3 is 0 Å². The number of nitrogens with one attached hydrogen (secondary N) is 2. The summed E-state index contributed by atoms with van der Waals surface area (Å²) < 4.78 is 1.99. The fraction of sp³-hybridized carbons (Fsp3) is 0.667. The van der Waals surface area contributed by atoms with Gasteiger partial charge in [-0.25, -0.2) is 4.68 Å². The molecule has 0 aliphatic carbocycles. The summed E-state index contributed by atoms with van der Waals surface area (Å²) in [6.07, 6.45) is 1.01. The van der Waals surface area contributed by atoms with Gasteiger partial charge in [-0.05, 0) is 0 Å². The van der Waals surface area contributed by atoms with Gasteiger partial charge in [0, 0.05) is 38.2 Å². The van der Waals surface area contributed by atoms with E-state index in [1.807, 2.05) is 4.68 Å². The van der Waals surface area contributed by atoms with Gasteiger partial charge in [0.15, 0.2) is 0 Å². The summed E-state index contributed by atoms with van der Waals surface area (Å²) in [4.78, 5) is 0. The highest BCUT2D eigenvalue weighted by Gasteiger charge is 2.26. The molecule has 1 aromatic heterocycles. The number of fused-ring (bicyclic) bond motifs is 1. The maximum atomic E-state index is 6.07. The molecule has 14 heavy (non-hydrogen) atoms. The smallest absolute Gasteiger partial charge is 0.126 e. The monoisotopic (exact) mass is 193 g/mol. The first-order valence-electron chi connectivity index (χ1n) is 5.13. The van der Waals surface area contributed by atoms with E-state index in [4.69, 9.17) is 5.73 Å². The molecule has 76 valence electrons. The molecular formula is C9H15N5. The number of aromatic nitrogens is 2. The van der Waals surface area contributed by atoms with Crippen molar-refractivity contribution in [3.8, 4) is 0 Å². The standard InChI is InChI=1S/C9H15N5/c10-9-7-5-11-2-1-8(7)13-14(9)6-3-12-4-6/h6,11-12H,1-5,10H2. The van der Waals surface area contributed by atoms with Crippen LogP contribution in [-0.2, 0) is 13.0 Å². The lowest BCUT2D eigenvalue weighted by molar-refractivity contribution is 0.321. The highest BCUT2D eigenvalue weighted by Crippen LogP contribution is 2.24. The Morgan fingerprint density at radius 2 is 2.21 bits per heavy atom. The maximum absolute atomic E-state index is 6.07. The van der Waals surface area contributed by atoms with Crippen molar-refractivity contribution in [2.45, 2.75) is 19.0 Å². The lowest BCUT2D eigenvalue weighted by atomic mass is 10.1. The van der Waals surface area contributed by atoms with Crippen molar-refractivity contribution in [2.75, 3.05) is 25.4 Å². The van der Waals surface area contributed by atoms with Crippen molar-refractivity contribution in [1.29, 1.82) is 0 Å². The first-order valence-corrected chi connectivity index (χ1v) is 5.13. The van der Waals surface area contributed by atoms with Crippen molar-refractivity contribution < 1.29 is 0 Å². The summed E-state index contributed by atoms with van der Waals surface area (Å²) in [5.41, 5.74) is 8.47. The van der Waals surface area contributed by atoms with Gasteiger partial charge in [0.2, 0.25) is 0 Å². The second kappa shape index (κ2) is 2.96. The summed E-state index contributed by atoms with van der Waals surface area (Å²) in [5.74, 6) is 0.860. The molecule has 1 fully saturated rings. The van der Waals surface area contributed by atoms with Gasteiger partial charge in [-0.2, -0.15) is 5.10 Å². The Morgan fingerprint density at radius 3 is 2.86 bits per heavy atom. The molecule has 5 heteroatoms. The molecule has 2 aliphatic heterocycles. The van der Waals surface area contributed by atoms with Crippen LogP contribution in [0.1, 0.15) is 17.3 Å². The summed E-state index contributed by atoms with van der Waals surface area (Å²) in [6, 6.07) is 0.473. The molecule has 0 atom stereocenters. The van der Waals surface area contributed by atoms with Crippen LogP contribution in [0.4, 0.5) is 5.82 Å². The molecule has 0 unspecified atom stereocenters. The van der Waals surface area contributed by atoms with E-state index in [0.717, 1.165) is 38.4 Å². The van der Waals surface area contributed by atoms with E-state index in [0.29, 0.717) is 6.04 Å². The first-order chi connectivity index (χ1) is 6.86. The Bertz CT molecular complexity index is 352. The van der Waals surface area contributed by atoms with Crippen LogP contribution >= 0.6 is 0 Å². The third-order valence-electron chi connectivity index (χ3n) is 3.08. The normalized spacial score (nSPS) is 21.7. The van der Waals surface area contributed by atoms with E-state index in [9.17, 15) is 0 Å². The number of rotatable bonds is 1. The third-order valence-corrected chi connectivity index (χ3v) is 3.08. The lowest BCUT2D eigenvalue weighted by Gasteiger charge is -2.28. The second-order valence-corrected chi connectivity index (χ2v) is 3.99. The molecule has 0 saturated carbocycles. The van der Waals surface area contributed by atoms with Gasteiger partial charge in [-0.15, -0.1) is 0 Å². The number of hydrogen-bond acceptors (Lipinski definition) is 4. The second-order valence-electron chi connectivity index (χ2n) is 3.99. The molecule has 5 nitrogen and oxygen atoms in total. The van der Waals surface area contributed by atoms with Gasteiger partial charge in [0.05, 0.1) is 11.7 Å². The van der Waals surface area contributed by atoms with Crippen molar-refractivity contribution in [2.24, 2.45) is 0 Å². The number of nitrogens with zero attached hydrogens (tertiary/aromatic N) is 2. The fourth-order valence-electron chi connectivity index (χ4n) is 2.07. The van der Waals surface area contributed by atoms with Crippen LogP contribution in [0.3, 0.4) is 0 Å². The van der Waals surface area contributed by atoms with E-state index < -0.39 is 0 Å². The van der Waals surface area contributed by atoms with Crippen LogP contribution in [0.25, 0.3) is 0 Å². The van der Waals surface area contributed by atoms with Crippen molar-refractivity contribution in [1.82, 2.24) is 20.4 Å². The fourth-order valence-corrected chi connectivity index (χ4v) is 2.07. The Balaban J connectivity index is 2.00. The summed E-state index contributed by atoms with van der Waals surface area (Å²) >= 11 is 0. The number of hydrogen-bond donors (Lipinski definition) is 3. The molecule has 2 aliphatic rings. The molecule has 0 bridgehead atoms. The number of nitrogens with two attached hydrogens (primary N) is 1. The highest BCUT2D eigenvalue weighted by atomic mass is 15.4. The van der Waals surface area contributed by atoms with Gasteiger partial charge in [0.25, 0.3) is 0 Å². The van der Waals surface area contributed by atoms with Crippen molar-refractivity contribution >= 4 is 5.82 Å². The lowest BCUT2D eigenvalue weighted by Crippen LogP contribution is -2.44. The van der Waals surface area contributed by atoms with E-state index in [-0.39, 0.29) is 0 Å². The zero-order valence-electron chi connectivity index (χ0n) is 8.08. The van der Waals surface area contributed by atoms with Gasteiger partial charge in [-0.1, -0.05) is 0 Å². The quantitative estimate of drug-likeness (QED) is 0.549. The molecule has 3 heterocycles. The molecule has 0 radical (unpaired) electrons. The minimum absolute atomic E-state index is 0.473. The average Bonchev–Trinajstić information content (AvgIpc) is 2.43. The Morgan fingerprint density at radius 1 is 1.36 bits per heavy atom. The van der Waals surface area contributed by atoms with Crippen LogP contribution < -0.4 is 16.4 Å². The van der Waals surface area contributed by atoms with Gasteiger partial charge in [0.1, 0.15) is 5.82 Å². The highest BCUT2D eigenvalue weighted by molar-refractivity contribution is 5.45. The largest absolute Gasteiger partial charge is 0.384 e. The Labute approximate surface area is 82.7 Å². The molecular weight excluding hydrogens is 178 g/mol. The minimum atomic E-state index is 0.473. The maximum Gasteiger partial charge on any atom is 0.126 e. The zero-order chi connectivity index (χ0) is 9.54. The summed E-state index contributed by atoms with van der Waals surface area (Å²) in [6.45, 7) is 3.89. The molecule has 0 amide bonds. The SMILES string of the molecule is Nc1c2c(nn1C1CNC1)CCNC2. The molecule has 0 spiro atoms. The number of anilines is 1. The van der Waals surface area contributed by atoms with E-state index in [1.165, 1.54) is 11.3 Å². The predicted octanol–water partition coefficient (Wildman–Crippen LogP) is -0.745. The van der Waals surface area contributed by atoms with Crippen LogP contribution in [0.2, 0.25) is 0 Å². The van der Waals surface area contributed by atoms with Gasteiger partial charge in [-0.3, -0.25) is 0 Å². The van der Waals surface area contributed by atoms with E-state index >= 15 is 0 Å². The predicted molar refractivity (Wildman–Crippen MR) is 54.0 cm³/mol. The van der Waals surface area contributed by atoms with Crippen molar-refractivity contribution in [3.63, 3.8) is 0 Å². The van der Waals surface area contributed by atoms with E-state index in [1.54, 1.807) is 0 Å². The van der Waals surface area contributed by atoms with Crippen LogP contribution in [-0.4, -0.2) is 29.4 Å². The summed E-state index contributed by atoms with van der Waals surface area (Å²) in [5, 5.41) is 11.1. The van der Waals surface area contributed by atoms with Crippen LogP contribution in [0.15, 0.2) is 0 Å². The minimum Gasteiger partial charge on any atom is -0.384 e. The third kappa shape index (κ3) is 1.06. The van der Waals surface area contributed by atoms with Crippen LogP contribution in [0, 0.1) is 0 Å². The molecule has 3 rings (SSSR count). The molecule has 1 saturated heterocycles. The van der Waals surface area contributed by atoms with Crippen molar-refractivity contribution in [3.05, 3.63) is 11.3 Å². The first kappa shape index (κ1) is 8.26. The number of nitrogen functional groups attached to an aromatic ring is 1. The zero-order valence-corrected chi connectivity index (χ0v) is 8.08. The average molecular weight is 193 g/mol. The molecule has 1 aromatic rings. The molecule has 4 N–H and O–H groups in total. The Kier molecular flexibility index (Phi) is 1.75. The van der Waals surface area contributed by atoms with E-state index in [2.05, 4.69) is 15.7 Å². The molecule has 0 aromatic carbocycles.